The zero-order chi connectivity index (χ0) is 24.1. The average Bonchev–Trinajstić information content (AvgIpc) is 3.05. The van der Waals surface area contributed by atoms with Crippen molar-refractivity contribution >= 4 is 33.0 Å². The van der Waals surface area contributed by atoms with Crippen LogP contribution in [0.2, 0.25) is 5.02 Å². The predicted molar refractivity (Wildman–Crippen MR) is 114 cm³/mol. The predicted octanol–water partition coefficient (Wildman–Crippen LogP) is 3.70. The van der Waals surface area contributed by atoms with E-state index in [-0.39, 0.29) is 45.8 Å². The van der Waals surface area contributed by atoms with E-state index in [1.54, 1.807) is 0 Å². The second-order valence-electron chi connectivity index (χ2n) is 8.75. The fraction of sp³-hybridized carbons (Fsp3) is 0.409. The van der Waals surface area contributed by atoms with Crippen LogP contribution in [0.15, 0.2) is 35.2 Å². The minimum absolute atomic E-state index is 0.0900. The Labute approximate surface area is 193 Å². The van der Waals surface area contributed by atoms with Crippen LogP contribution in [0.25, 0.3) is 0 Å². The van der Waals surface area contributed by atoms with Gasteiger partial charge in [0.2, 0.25) is 0 Å². The number of carbonyl (C=O) groups is 1. The maximum Gasteiger partial charge on any atom is 0.255 e. The number of rotatable bonds is 5. The van der Waals surface area contributed by atoms with E-state index in [1.807, 2.05) is 0 Å². The highest BCUT2D eigenvalue weighted by Crippen LogP contribution is 2.51. The molecule has 2 aromatic rings. The van der Waals surface area contributed by atoms with E-state index in [4.69, 9.17) is 11.6 Å². The minimum Gasteiger partial charge on any atom is -0.393 e. The van der Waals surface area contributed by atoms with E-state index >= 15 is 0 Å². The Morgan fingerprint density at radius 3 is 2.21 bits per heavy atom. The molecule has 2 fully saturated rings. The highest BCUT2D eigenvalue weighted by molar-refractivity contribution is 7.92. The molecule has 33 heavy (non-hydrogen) atoms. The van der Waals surface area contributed by atoms with Crippen molar-refractivity contribution < 1.29 is 36.6 Å². The number of aliphatic hydroxyl groups excluding tert-OH is 1. The second kappa shape index (κ2) is 8.57. The van der Waals surface area contributed by atoms with Crippen LogP contribution in [0.1, 0.15) is 36.0 Å². The van der Waals surface area contributed by atoms with Gasteiger partial charge in [0.05, 0.1) is 27.4 Å². The lowest BCUT2D eigenvalue weighted by Gasteiger charge is -2.39. The third-order valence-electron chi connectivity index (χ3n) is 6.52. The molecule has 178 valence electrons. The van der Waals surface area contributed by atoms with Crippen LogP contribution in [0.4, 0.5) is 18.9 Å². The molecular weight excluding hydrogens is 483 g/mol. The normalized spacial score (nSPS) is 26.9. The molecule has 0 spiro atoms. The molecule has 0 aromatic heterocycles. The van der Waals surface area contributed by atoms with Crippen LogP contribution in [0.5, 0.6) is 0 Å². The fourth-order valence-electron chi connectivity index (χ4n) is 5.11. The van der Waals surface area contributed by atoms with Gasteiger partial charge in [0.25, 0.3) is 5.91 Å². The number of benzene rings is 2. The lowest BCUT2D eigenvalue weighted by molar-refractivity contribution is -0.0597. The lowest BCUT2D eigenvalue weighted by atomic mass is 9.77. The number of amides is 1. The molecule has 3 N–H and O–H groups in total. The first-order chi connectivity index (χ1) is 15.4. The van der Waals surface area contributed by atoms with Crippen molar-refractivity contribution in [3.63, 3.8) is 0 Å². The van der Waals surface area contributed by atoms with Gasteiger partial charge in [0.1, 0.15) is 0 Å². The van der Waals surface area contributed by atoms with Crippen LogP contribution in [0.3, 0.4) is 0 Å². The zero-order valence-corrected chi connectivity index (χ0v) is 18.8. The first kappa shape index (κ1) is 24.0. The average molecular weight is 504 g/mol. The molecule has 2 aliphatic rings. The third-order valence-corrected chi connectivity index (χ3v) is 9.39. The maximum absolute atomic E-state index is 13.5. The number of hydrogen-bond donors (Lipinski definition) is 3. The summed E-state index contributed by atoms with van der Waals surface area (Å²) in [6, 6.07) is 4.80. The molecule has 4 rings (SSSR count). The van der Waals surface area contributed by atoms with E-state index < -0.39 is 50.7 Å². The number of nitrogens with one attached hydrogen (secondary N) is 1. The molecule has 2 aliphatic carbocycles. The smallest absolute Gasteiger partial charge is 0.255 e. The molecule has 0 radical (unpaired) electrons. The molecule has 6 nitrogen and oxygen atoms in total. The number of fused-ring (bicyclic) bond motifs is 2. The second-order valence-corrected chi connectivity index (χ2v) is 11.2. The Bertz CT molecular complexity index is 1190. The summed E-state index contributed by atoms with van der Waals surface area (Å²) in [5.41, 5.74) is -1.79. The van der Waals surface area contributed by atoms with E-state index in [2.05, 4.69) is 5.32 Å². The van der Waals surface area contributed by atoms with Gasteiger partial charge in [-0.3, -0.25) is 4.79 Å². The van der Waals surface area contributed by atoms with Gasteiger partial charge in [0, 0.05) is 23.4 Å². The van der Waals surface area contributed by atoms with Crippen LogP contribution in [0, 0.1) is 29.3 Å². The molecule has 0 heterocycles. The van der Waals surface area contributed by atoms with E-state index in [0.717, 1.165) is 6.07 Å². The SMILES string of the molecule is O=C(Nc1cc(F)c(F)c(F)c1)c1ccc(Cl)c(S(=O)(=O)C2C3CC[C@H]2C[C@](O)(CO)C3)c1. The summed E-state index contributed by atoms with van der Waals surface area (Å²) in [6.07, 6.45) is 1.44. The lowest BCUT2D eigenvalue weighted by Crippen LogP contribution is -2.48. The van der Waals surface area contributed by atoms with Gasteiger partial charge in [-0.25, -0.2) is 21.6 Å². The first-order valence-corrected chi connectivity index (χ1v) is 12.2. The molecule has 1 amide bonds. The quantitative estimate of drug-likeness (QED) is 0.540. The van der Waals surface area contributed by atoms with Crippen molar-refractivity contribution in [2.75, 3.05) is 11.9 Å². The van der Waals surface area contributed by atoms with Crippen LogP contribution < -0.4 is 5.32 Å². The van der Waals surface area contributed by atoms with Gasteiger partial charge in [-0.05, 0) is 55.7 Å². The Morgan fingerprint density at radius 2 is 1.67 bits per heavy atom. The number of halogens is 4. The molecule has 0 saturated heterocycles. The van der Waals surface area contributed by atoms with E-state index in [9.17, 15) is 36.6 Å². The number of anilines is 1. The highest BCUT2D eigenvalue weighted by atomic mass is 35.5. The van der Waals surface area contributed by atoms with Crippen molar-refractivity contribution in [2.45, 2.75) is 41.4 Å². The van der Waals surface area contributed by atoms with Crippen LogP contribution in [-0.4, -0.2) is 42.0 Å². The van der Waals surface area contributed by atoms with Crippen LogP contribution in [-0.2, 0) is 9.84 Å². The third kappa shape index (κ3) is 4.37. The van der Waals surface area contributed by atoms with E-state index in [1.165, 1.54) is 12.1 Å². The van der Waals surface area contributed by atoms with Crippen molar-refractivity contribution in [3.8, 4) is 0 Å². The van der Waals surface area contributed by atoms with Gasteiger partial charge >= 0.3 is 0 Å². The summed E-state index contributed by atoms with van der Waals surface area (Å²) in [5.74, 6) is -6.26. The number of carbonyl (C=O) groups excluding carboxylic acids is 1. The summed E-state index contributed by atoms with van der Waals surface area (Å²) in [6.45, 7) is -0.451. The standard InChI is InChI=1S/C22H21ClF3NO5S/c23-15-4-3-11(21(29)27-14-6-16(24)19(26)17(25)7-14)5-18(15)33(31,32)20-12-1-2-13(20)9-22(30,8-12)10-28/h3-7,12-13,20,28,30H,1-2,8-10H2,(H,27,29)/t12-,13?,20?,22+/m0/s1. The van der Waals surface area contributed by atoms with E-state index in [0.29, 0.717) is 25.0 Å². The molecule has 2 unspecified atom stereocenters. The molecular formula is C22H21ClF3NO5S. The van der Waals surface area contributed by atoms with Gasteiger partial charge < -0.3 is 15.5 Å². The van der Waals surface area contributed by atoms with Crippen molar-refractivity contribution in [1.29, 1.82) is 0 Å². The Hall–Kier alpha value is -2.14. The first-order valence-electron chi connectivity index (χ1n) is 10.3. The monoisotopic (exact) mass is 503 g/mol. The summed E-state index contributed by atoms with van der Waals surface area (Å²) in [7, 11) is -4.01. The minimum atomic E-state index is -4.01. The summed E-state index contributed by atoms with van der Waals surface area (Å²) < 4.78 is 67.1. The molecule has 11 heteroatoms. The molecule has 4 atom stereocenters. The molecule has 0 aliphatic heterocycles. The van der Waals surface area contributed by atoms with Crippen molar-refractivity contribution in [2.24, 2.45) is 11.8 Å². The number of hydrogen-bond acceptors (Lipinski definition) is 5. The van der Waals surface area contributed by atoms with Gasteiger partial charge in [-0.1, -0.05) is 11.6 Å². The molecule has 2 saturated carbocycles. The van der Waals surface area contributed by atoms with Gasteiger partial charge in [-0.15, -0.1) is 0 Å². The fourth-order valence-corrected chi connectivity index (χ4v) is 7.96. The topological polar surface area (TPSA) is 104 Å². The molecule has 2 aromatic carbocycles. The Kier molecular flexibility index (Phi) is 6.24. The maximum atomic E-state index is 13.5. The molecule has 2 bridgehead atoms. The van der Waals surface area contributed by atoms with Gasteiger partial charge in [0.15, 0.2) is 27.3 Å². The van der Waals surface area contributed by atoms with Crippen molar-refractivity contribution in [3.05, 3.63) is 58.4 Å². The summed E-state index contributed by atoms with van der Waals surface area (Å²) in [4.78, 5) is 12.3. The van der Waals surface area contributed by atoms with Gasteiger partial charge in [-0.2, -0.15) is 0 Å². The Morgan fingerprint density at radius 1 is 1.09 bits per heavy atom. The van der Waals surface area contributed by atoms with Crippen molar-refractivity contribution in [1.82, 2.24) is 0 Å². The number of sulfone groups is 1. The van der Waals surface area contributed by atoms with Crippen LogP contribution >= 0.6 is 11.6 Å². The number of aliphatic hydroxyl groups is 2. The summed E-state index contributed by atoms with van der Waals surface area (Å²) in [5, 5.41) is 21.3. The summed E-state index contributed by atoms with van der Waals surface area (Å²) >= 11 is 6.18. The largest absolute Gasteiger partial charge is 0.393 e. The zero-order valence-electron chi connectivity index (χ0n) is 17.2. The highest BCUT2D eigenvalue weighted by Gasteiger charge is 2.54. The Balaban J connectivity index is 1.63.